The molecule has 2 rings (SSSR count). The second-order valence-electron chi connectivity index (χ2n) is 3.32. The van der Waals surface area contributed by atoms with Gasteiger partial charge in [-0.25, -0.2) is 4.79 Å². The second-order valence-corrected chi connectivity index (χ2v) is 4.16. The van der Waals surface area contributed by atoms with E-state index in [0.29, 0.717) is 28.7 Å². The first kappa shape index (κ1) is 11.2. The summed E-state index contributed by atoms with van der Waals surface area (Å²) in [5.41, 5.74) is 0.813. The molecule has 1 heterocycles. The monoisotopic (exact) mass is 258 g/mol. The topological polar surface area (TPSA) is 52.9 Å². The van der Waals surface area contributed by atoms with Crippen molar-refractivity contribution in [3.8, 4) is 0 Å². The Bertz CT molecular complexity index is 474. The second kappa shape index (κ2) is 4.31. The maximum absolute atomic E-state index is 10.7. The lowest BCUT2D eigenvalue weighted by molar-refractivity contribution is -0.129. The fraction of sp³-hybridized carbons (Fsp3) is 0.200. The van der Waals surface area contributed by atoms with Crippen molar-refractivity contribution in [2.45, 2.75) is 6.42 Å². The van der Waals surface area contributed by atoms with Crippen LogP contribution in [0.4, 0.5) is 5.69 Å². The molecule has 0 atom stereocenters. The van der Waals surface area contributed by atoms with Crippen molar-refractivity contribution in [2.75, 3.05) is 11.6 Å². The van der Waals surface area contributed by atoms with Gasteiger partial charge in [-0.1, -0.05) is 23.2 Å². The van der Waals surface area contributed by atoms with E-state index in [2.05, 4.69) is 5.10 Å². The number of rotatable bonds is 2. The summed E-state index contributed by atoms with van der Waals surface area (Å²) in [6, 6.07) is 5.02. The number of hydrogen-bond donors (Lipinski definition) is 1. The first-order chi connectivity index (χ1) is 7.58. The van der Waals surface area contributed by atoms with Gasteiger partial charge in [0.05, 0.1) is 10.7 Å². The highest BCUT2D eigenvalue weighted by Gasteiger charge is 2.22. The molecule has 0 aromatic heterocycles. The summed E-state index contributed by atoms with van der Waals surface area (Å²) in [4.78, 5) is 10.7. The van der Waals surface area contributed by atoms with Gasteiger partial charge >= 0.3 is 5.97 Å². The molecule has 0 amide bonds. The molecule has 0 radical (unpaired) electrons. The zero-order valence-electron chi connectivity index (χ0n) is 8.15. The van der Waals surface area contributed by atoms with Crippen LogP contribution in [0.25, 0.3) is 0 Å². The van der Waals surface area contributed by atoms with E-state index in [1.807, 2.05) is 0 Å². The Morgan fingerprint density at radius 2 is 2.19 bits per heavy atom. The van der Waals surface area contributed by atoms with Crippen LogP contribution in [0.5, 0.6) is 0 Å². The molecule has 0 bridgehead atoms. The number of halogens is 2. The predicted molar refractivity (Wildman–Crippen MR) is 63.5 cm³/mol. The van der Waals surface area contributed by atoms with E-state index >= 15 is 0 Å². The first-order valence-electron chi connectivity index (χ1n) is 4.61. The van der Waals surface area contributed by atoms with E-state index in [0.717, 1.165) is 0 Å². The Morgan fingerprint density at radius 3 is 2.75 bits per heavy atom. The van der Waals surface area contributed by atoms with Gasteiger partial charge < -0.3 is 5.11 Å². The zero-order chi connectivity index (χ0) is 11.7. The number of benzene rings is 1. The fourth-order valence-electron chi connectivity index (χ4n) is 1.47. The molecule has 84 valence electrons. The summed E-state index contributed by atoms with van der Waals surface area (Å²) in [7, 11) is 0. The summed E-state index contributed by atoms with van der Waals surface area (Å²) in [6.07, 6.45) is 0.411. The highest BCUT2D eigenvalue weighted by Crippen LogP contribution is 2.30. The standard InChI is InChI=1S/C10H8Cl2N2O2/c11-6-1-2-9(7(12)5-6)14-4-3-8(13-14)10(15)16/h1-2,5H,3-4H2,(H,15,16). The van der Waals surface area contributed by atoms with Crippen LogP contribution in [0.2, 0.25) is 10.0 Å². The van der Waals surface area contributed by atoms with Crippen LogP contribution >= 0.6 is 23.2 Å². The molecule has 4 nitrogen and oxygen atoms in total. The molecular weight excluding hydrogens is 251 g/mol. The van der Waals surface area contributed by atoms with Crippen molar-refractivity contribution in [1.82, 2.24) is 0 Å². The van der Waals surface area contributed by atoms with E-state index in [1.54, 1.807) is 23.2 Å². The summed E-state index contributed by atoms with van der Waals surface area (Å²) >= 11 is 11.8. The van der Waals surface area contributed by atoms with Crippen LogP contribution < -0.4 is 5.01 Å². The fourth-order valence-corrected chi connectivity index (χ4v) is 1.98. The van der Waals surface area contributed by atoms with Crippen molar-refractivity contribution < 1.29 is 9.90 Å². The average Bonchev–Trinajstić information content (AvgIpc) is 2.66. The van der Waals surface area contributed by atoms with E-state index in [-0.39, 0.29) is 5.71 Å². The maximum Gasteiger partial charge on any atom is 0.352 e. The average molecular weight is 259 g/mol. The molecule has 1 aliphatic heterocycles. The van der Waals surface area contributed by atoms with Crippen LogP contribution in [-0.2, 0) is 4.79 Å². The van der Waals surface area contributed by atoms with E-state index < -0.39 is 5.97 Å². The van der Waals surface area contributed by atoms with Crippen LogP contribution in [0.3, 0.4) is 0 Å². The molecule has 0 saturated carbocycles. The molecule has 1 N–H and O–H groups in total. The number of hydrogen-bond acceptors (Lipinski definition) is 3. The molecular formula is C10H8Cl2N2O2. The van der Waals surface area contributed by atoms with E-state index in [4.69, 9.17) is 28.3 Å². The van der Waals surface area contributed by atoms with Crippen LogP contribution in [0.15, 0.2) is 23.3 Å². The third kappa shape index (κ3) is 2.13. The minimum absolute atomic E-state index is 0.144. The predicted octanol–water partition coefficient (Wildman–Crippen LogP) is 2.64. The van der Waals surface area contributed by atoms with Crippen LogP contribution in [-0.4, -0.2) is 23.3 Å². The van der Waals surface area contributed by atoms with Gasteiger partial charge in [-0.2, -0.15) is 5.10 Å². The highest BCUT2D eigenvalue weighted by atomic mass is 35.5. The molecule has 1 aliphatic rings. The Morgan fingerprint density at radius 1 is 1.44 bits per heavy atom. The quantitative estimate of drug-likeness (QED) is 0.888. The van der Waals surface area contributed by atoms with Crippen LogP contribution in [0.1, 0.15) is 6.42 Å². The first-order valence-corrected chi connectivity index (χ1v) is 5.37. The van der Waals surface area contributed by atoms with E-state index in [1.165, 1.54) is 0 Å². The Labute approximate surface area is 102 Å². The third-order valence-corrected chi connectivity index (χ3v) is 2.77. The Balaban J connectivity index is 2.30. The largest absolute Gasteiger partial charge is 0.477 e. The lowest BCUT2D eigenvalue weighted by Crippen LogP contribution is -2.12. The number of carboxylic acids is 1. The number of anilines is 1. The molecule has 16 heavy (non-hydrogen) atoms. The van der Waals surface area contributed by atoms with Crippen LogP contribution in [0, 0.1) is 0 Å². The zero-order valence-corrected chi connectivity index (χ0v) is 9.66. The van der Waals surface area contributed by atoms with Crippen molar-refractivity contribution in [3.63, 3.8) is 0 Å². The number of aliphatic carboxylic acids is 1. The lowest BCUT2D eigenvalue weighted by atomic mass is 10.3. The number of carboxylic acid groups (broad SMARTS) is 1. The van der Waals surface area contributed by atoms with E-state index in [9.17, 15) is 4.79 Å². The Kier molecular flexibility index (Phi) is 3.03. The molecule has 0 fully saturated rings. The SMILES string of the molecule is O=C(O)C1=NN(c2ccc(Cl)cc2Cl)CC1. The number of hydrazone groups is 1. The van der Waals surface area contributed by atoms with Gasteiger partial charge in [-0.3, -0.25) is 5.01 Å². The molecule has 0 unspecified atom stereocenters. The van der Waals surface area contributed by atoms with Crippen molar-refractivity contribution >= 4 is 40.6 Å². The van der Waals surface area contributed by atoms with Crippen molar-refractivity contribution in [1.29, 1.82) is 0 Å². The molecule has 0 aliphatic carbocycles. The minimum atomic E-state index is -0.993. The van der Waals surface area contributed by atoms with Gasteiger partial charge in [0.2, 0.25) is 0 Å². The normalized spacial score (nSPS) is 15.1. The van der Waals surface area contributed by atoms with Gasteiger partial charge in [0.15, 0.2) is 0 Å². The molecule has 0 saturated heterocycles. The third-order valence-electron chi connectivity index (χ3n) is 2.24. The van der Waals surface area contributed by atoms with Gasteiger partial charge in [-0.15, -0.1) is 0 Å². The van der Waals surface area contributed by atoms with Gasteiger partial charge in [0.1, 0.15) is 5.71 Å². The molecule has 6 heteroatoms. The highest BCUT2D eigenvalue weighted by molar-refractivity contribution is 6.37. The smallest absolute Gasteiger partial charge is 0.352 e. The van der Waals surface area contributed by atoms with Gasteiger partial charge in [0.25, 0.3) is 0 Å². The summed E-state index contributed by atoms with van der Waals surface area (Å²) < 4.78 is 0. The number of carbonyl (C=O) groups is 1. The van der Waals surface area contributed by atoms with Crippen molar-refractivity contribution in [2.24, 2.45) is 5.10 Å². The molecule has 1 aromatic carbocycles. The van der Waals surface area contributed by atoms with Gasteiger partial charge in [-0.05, 0) is 18.2 Å². The summed E-state index contributed by atoms with van der Waals surface area (Å²) in [6.45, 7) is 0.517. The summed E-state index contributed by atoms with van der Waals surface area (Å²) in [5.74, 6) is -0.993. The maximum atomic E-state index is 10.7. The minimum Gasteiger partial charge on any atom is -0.477 e. The Hall–Kier alpha value is -1.26. The molecule has 1 aromatic rings. The summed E-state index contributed by atoms with van der Waals surface area (Å²) in [5, 5.41) is 15.3. The van der Waals surface area contributed by atoms with Crippen molar-refractivity contribution in [3.05, 3.63) is 28.2 Å². The lowest BCUT2D eigenvalue weighted by Gasteiger charge is -2.14. The number of nitrogens with zero attached hydrogens (tertiary/aromatic N) is 2. The van der Waals surface area contributed by atoms with Gasteiger partial charge in [0, 0.05) is 18.0 Å². The molecule has 0 spiro atoms.